The minimum Gasteiger partial charge on any atom is -0.478 e. The van der Waals surface area contributed by atoms with E-state index in [4.69, 9.17) is 5.11 Å². The summed E-state index contributed by atoms with van der Waals surface area (Å²) in [6.07, 6.45) is 3.29. The van der Waals surface area contributed by atoms with Gasteiger partial charge in [0.2, 0.25) is 0 Å². The Morgan fingerprint density at radius 1 is 1.47 bits per heavy atom. The lowest BCUT2D eigenvalue weighted by atomic mass is 10.2. The molecule has 2 aromatic rings. The maximum absolute atomic E-state index is 11.0. The number of nitrogens with one attached hydrogen (secondary N) is 1. The van der Waals surface area contributed by atoms with E-state index >= 15 is 0 Å². The van der Waals surface area contributed by atoms with Crippen molar-refractivity contribution in [1.82, 2.24) is 9.97 Å². The van der Waals surface area contributed by atoms with E-state index in [0.29, 0.717) is 18.8 Å². The summed E-state index contributed by atoms with van der Waals surface area (Å²) in [5.74, 6) is -0.326. The molecule has 0 atom stereocenters. The third-order valence-electron chi connectivity index (χ3n) is 2.62. The Balaban J connectivity index is 2.02. The molecule has 0 unspecified atom stereocenters. The van der Waals surface area contributed by atoms with E-state index in [2.05, 4.69) is 15.3 Å². The standard InChI is InChI=1S/C13H15N3O2S/c1-2-10-7-9(13(17)18)8-11(16-10)14-4-3-12-15-5-6-19-12/h5-8H,2-4H2,1H3,(H,14,16)(H,17,18). The summed E-state index contributed by atoms with van der Waals surface area (Å²) in [5, 5.41) is 15.2. The van der Waals surface area contributed by atoms with Crippen LogP contribution in [0.3, 0.4) is 0 Å². The van der Waals surface area contributed by atoms with E-state index in [0.717, 1.165) is 17.1 Å². The van der Waals surface area contributed by atoms with Crippen molar-refractivity contribution in [3.8, 4) is 0 Å². The molecular weight excluding hydrogens is 262 g/mol. The van der Waals surface area contributed by atoms with E-state index in [-0.39, 0.29) is 5.56 Å². The number of carboxylic acids is 1. The fourth-order valence-corrected chi connectivity index (χ4v) is 2.28. The fraction of sp³-hybridized carbons (Fsp3) is 0.308. The smallest absolute Gasteiger partial charge is 0.335 e. The van der Waals surface area contributed by atoms with Crippen molar-refractivity contribution in [1.29, 1.82) is 0 Å². The van der Waals surface area contributed by atoms with Crippen LogP contribution in [0.5, 0.6) is 0 Å². The quantitative estimate of drug-likeness (QED) is 0.848. The van der Waals surface area contributed by atoms with Crippen LogP contribution in [0.1, 0.15) is 28.0 Å². The average Bonchev–Trinajstić information content (AvgIpc) is 2.91. The number of aromatic carboxylic acids is 1. The molecule has 0 fully saturated rings. The number of hydrogen-bond acceptors (Lipinski definition) is 5. The van der Waals surface area contributed by atoms with Crippen molar-refractivity contribution in [2.45, 2.75) is 19.8 Å². The van der Waals surface area contributed by atoms with Gasteiger partial charge in [-0.2, -0.15) is 0 Å². The highest BCUT2D eigenvalue weighted by Crippen LogP contribution is 2.12. The summed E-state index contributed by atoms with van der Waals surface area (Å²) in [6, 6.07) is 3.16. The number of aromatic nitrogens is 2. The third kappa shape index (κ3) is 3.75. The highest BCUT2D eigenvalue weighted by atomic mass is 32.1. The lowest BCUT2D eigenvalue weighted by Crippen LogP contribution is -2.09. The number of pyridine rings is 1. The van der Waals surface area contributed by atoms with Crippen LogP contribution in [0, 0.1) is 0 Å². The van der Waals surface area contributed by atoms with Crippen LogP contribution < -0.4 is 5.32 Å². The van der Waals surface area contributed by atoms with Gasteiger partial charge in [0.25, 0.3) is 0 Å². The molecule has 0 aliphatic rings. The van der Waals surface area contributed by atoms with Crippen LogP contribution in [0.4, 0.5) is 5.82 Å². The number of thiazole rings is 1. The number of anilines is 1. The molecule has 2 rings (SSSR count). The van der Waals surface area contributed by atoms with E-state index < -0.39 is 5.97 Å². The molecular formula is C13H15N3O2S. The summed E-state index contributed by atoms with van der Waals surface area (Å²) in [7, 11) is 0. The zero-order valence-corrected chi connectivity index (χ0v) is 11.4. The molecule has 0 amide bonds. The number of carboxylic acid groups (broad SMARTS) is 1. The van der Waals surface area contributed by atoms with Crippen LogP contribution in [0.2, 0.25) is 0 Å². The van der Waals surface area contributed by atoms with Crippen molar-refractivity contribution in [2.75, 3.05) is 11.9 Å². The van der Waals surface area contributed by atoms with E-state index in [9.17, 15) is 4.79 Å². The normalized spacial score (nSPS) is 10.4. The molecule has 100 valence electrons. The predicted molar refractivity (Wildman–Crippen MR) is 74.9 cm³/mol. The van der Waals surface area contributed by atoms with Gasteiger partial charge in [-0.15, -0.1) is 11.3 Å². The van der Waals surface area contributed by atoms with Gasteiger partial charge in [0.1, 0.15) is 5.82 Å². The zero-order chi connectivity index (χ0) is 13.7. The molecule has 0 saturated carbocycles. The molecule has 5 nitrogen and oxygen atoms in total. The minimum atomic E-state index is -0.930. The second-order valence-electron chi connectivity index (χ2n) is 3.99. The molecule has 6 heteroatoms. The van der Waals surface area contributed by atoms with Crippen LogP contribution in [-0.2, 0) is 12.8 Å². The highest BCUT2D eigenvalue weighted by molar-refractivity contribution is 7.09. The number of hydrogen-bond donors (Lipinski definition) is 2. The first-order valence-corrected chi connectivity index (χ1v) is 6.93. The second-order valence-corrected chi connectivity index (χ2v) is 4.97. The molecule has 0 bridgehead atoms. The Morgan fingerprint density at radius 3 is 2.95 bits per heavy atom. The monoisotopic (exact) mass is 277 g/mol. The summed E-state index contributed by atoms with van der Waals surface area (Å²) < 4.78 is 0. The second kappa shape index (κ2) is 6.29. The van der Waals surface area contributed by atoms with Crippen molar-refractivity contribution in [2.24, 2.45) is 0 Å². The van der Waals surface area contributed by atoms with Crippen LogP contribution in [0.25, 0.3) is 0 Å². The Morgan fingerprint density at radius 2 is 2.32 bits per heavy atom. The topological polar surface area (TPSA) is 75.1 Å². The number of nitrogens with zero attached hydrogens (tertiary/aromatic N) is 2. The molecule has 19 heavy (non-hydrogen) atoms. The van der Waals surface area contributed by atoms with Gasteiger partial charge in [0.05, 0.1) is 10.6 Å². The maximum Gasteiger partial charge on any atom is 0.335 e. The van der Waals surface area contributed by atoms with Gasteiger partial charge in [-0.25, -0.2) is 14.8 Å². The van der Waals surface area contributed by atoms with E-state index in [1.54, 1.807) is 29.7 Å². The molecule has 0 spiro atoms. The van der Waals surface area contributed by atoms with Crippen molar-refractivity contribution < 1.29 is 9.90 Å². The maximum atomic E-state index is 11.0. The Bertz CT molecular complexity index is 555. The molecule has 0 saturated heterocycles. The third-order valence-corrected chi connectivity index (χ3v) is 3.46. The average molecular weight is 277 g/mol. The van der Waals surface area contributed by atoms with Gasteiger partial charge in [-0.3, -0.25) is 0 Å². The van der Waals surface area contributed by atoms with Crippen molar-refractivity contribution in [3.05, 3.63) is 40.0 Å². The number of rotatable bonds is 6. The summed E-state index contributed by atoms with van der Waals surface area (Å²) >= 11 is 1.61. The highest BCUT2D eigenvalue weighted by Gasteiger charge is 2.07. The molecule has 0 aromatic carbocycles. The summed E-state index contributed by atoms with van der Waals surface area (Å²) in [5.41, 5.74) is 1.04. The first-order valence-electron chi connectivity index (χ1n) is 6.05. The molecule has 0 radical (unpaired) electrons. The van der Waals surface area contributed by atoms with Crippen LogP contribution in [0.15, 0.2) is 23.7 Å². The molecule has 2 N–H and O–H groups in total. The van der Waals surface area contributed by atoms with Crippen molar-refractivity contribution in [3.63, 3.8) is 0 Å². The van der Waals surface area contributed by atoms with E-state index in [1.807, 2.05) is 12.3 Å². The van der Waals surface area contributed by atoms with E-state index in [1.165, 1.54) is 0 Å². The van der Waals surface area contributed by atoms with Gasteiger partial charge in [-0.05, 0) is 18.6 Å². The lowest BCUT2D eigenvalue weighted by molar-refractivity contribution is 0.0696. The lowest BCUT2D eigenvalue weighted by Gasteiger charge is -2.07. The Kier molecular flexibility index (Phi) is 4.46. The van der Waals surface area contributed by atoms with Gasteiger partial charge in [0.15, 0.2) is 0 Å². The fourth-order valence-electron chi connectivity index (χ4n) is 1.66. The van der Waals surface area contributed by atoms with Crippen molar-refractivity contribution >= 4 is 23.1 Å². The zero-order valence-electron chi connectivity index (χ0n) is 10.6. The molecule has 2 aromatic heterocycles. The first kappa shape index (κ1) is 13.5. The number of carbonyl (C=O) groups is 1. The Labute approximate surface area is 115 Å². The first-order chi connectivity index (χ1) is 9.19. The van der Waals surface area contributed by atoms with Gasteiger partial charge in [-0.1, -0.05) is 6.92 Å². The minimum absolute atomic E-state index is 0.267. The Hall–Kier alpha value is -1.95. The SMILES string of the molecule is CCc1cc(C(=O)O)cc(NCCc2nccs2)n1. The van der Waals surface area contributed by atoms with Gasteiger partial charge < -0.3 is 10.4 Å². The summed E-state index contributed by atoms with van der Waals surface area (Å²) in [6.45, 7) is 2.64. The largest absolute Gasteiger partial charge is 0.478 e. The molecule has 0 aliphatic heterocycles. The summed E-state index contributed by atoms with van der Waals surface area (Å²) in [4.78, 5) is 19.6. The van der Waals surface area contributed by atoms with Gasteiger partial charge >= 0.3 is 5.97 Å². The number of aryl methyl sites for hydroxylation is 1. The molecule has 0 aliphatic carbocycles. The van der Waals surface area contributed by atoms with Gasteiger partial charge in [0, 0.05) is 30.2 Å². The van der Waals surface area contributed by atoms with Crippen LogP contribution in [-0.4, -0.2) is 27.6 Å². The van der Waals surface area contributed by atoms with Crippen LogP contribution >= 0.6 is 11.3 Å². The predicted octanol–water partition coefficient (Wildman–Crippen LogP) is 2.45. The molecule has 2 heterocycles.